The SMILES string of the molecule is C=C(C)C1(O)CCCCCCC1=C. The maximum atomic E-state index is 10.3. The highest BCUT2D eigenvalue weighted by atomic mass is 16.3. The summed E-state index contributed by atoms with van der Waals surface area (Å²) in [5.41, 5.74) is 1.03. The highest BCUT2D eigenvalue weighted by molar-refractivity contribution is 5.27. The molecule has 0 saturated heterocycles. The van der Waals surface area contributed by atoms with Gasteiger partial charge in [-0.05, 0) is 43.8 Å². The van der Waals surface area contributed by atoms with Gasteiger partial charge in [0.1, 0.15) is 5.60 Å². The molecule has 0 bridgehead atoms. The van der Waals surface area contributed by atoms with Crippen LogP contribution in [0.25, 0.3) is 0 Å². The normalized spacial score (nSPS) is 30.8. The van der Waals surface area contributed by atoms with Crippen LogP contribution in [0.5, 0.6) is 0 Å². The zero-order valence-corrected chi connectivity index (χ0v) is 8.60. The Morgan fingerprint density at radius 1 is 1.31 bits per heavy atom. The van der Waals surface area contributed by atoms with Gasteiger partial charge in [-0.15, -0.1) is 0 Å². The number of aliphatic hydroxyl groups is 1. The highest BCUT2D eigenvalue weighted by Crippen LogP contribution is 2.34. The lowest BCUT2D eigenvalue weighted by Gasteiger charge is -2.32. The van der Waals surface area contributed by atoms with Crippen LogP contribution in [-0.2, 0) is 0 Å². The molecule has 1 heteroatoms. The van der Waals surface area contributed by atoms with E-state index in [0.29, 0.717) is 0 Å². The molecule has 74 valence electrons. The van der Waals surface area contributed by atoms with Gasteiger partial charge in [0.2, 0.25) is 0 Å². The van der Waals surface area contributed by atoms with Gasteiger partial charge in [0, 0.05) is 0 Å². The van der Waals surface area contributed by atoms with Crippen LogP contribution in [0.3, 0.4) is 0 Å². The molecule has 1 aliphatic carbocycles. The molecule has 1 atom stereocenters. The molecule has 0 aliphatic heterocycles. The molecular formula is C12H20O. The van der Waals surface area contributed by atoms with Crippen LogP contribution in [-0.4, -0.2) is 10.7 Å². The van der Waals surface area contributed by atoms with Crippen molar-refractivity contribution in [2.45, 2.75) is 51.0 Å². The van der Waals surface area contributed by atoms with Gasteiger partial charge in [0.05, 0.1) is 0 Å². The average Bonchev–Trinajstić information content (AvgIpc) is 2.07. The third kappa shape index (κ3) is 2.22. The summed E-state index contributed by atoms with van der Waals surface area (Å²) in [7, 11) is 0. The summed E-state index contributed by atoms with van der Waals surface area (Å²) in [4.78, 5) is 0. The van der Waals surface area contributed by atoms with Crippen molar-refractivity contribution in [2.75, 3.05) is 0 Å². The minimum atomic E-state index is -0.777. The molecule has 0 spiro atoms. The topological polar surface area (TPSA) is 20.2 Å². The van der Waals surface area contributed by atoms with Crippen LogP contribution in [0, 0.1) is 0 Å². The molecule has 1 fully saturated rings. The van der Waals surface area contributed by atoms with Gasteiger partial charge >= 0.3 is 0 Å². The van der Waals surface area contributed by atoms with Gasteiger partial charge in [-0.2, -0.15) is 0 Å². The number of rotatable bonds is 1. The fraction of sp³-hybridized carbons (Fsp3) is 0.667. The van der Waals surface area contributed by atoms with E-state index in [1.807, 2.05) is 6.92 Å². The van der Waals surface area contributed by atoms with Crippen LogP contribution in [0.4, 0.5) is 0 Å². The molecule has 1 unspecified atom stereocenters. The van der Waals surface area contributed by atoms with E-state index >= 15 is 0 Å². The number of hydrogen-bond donors (Lipinski definition) is 1. The van der Waals surface area contributed by atoms with Crippen molar-refractivity contribution in [3.63, 3.8) is 0 Å². The Kier molecular flexibility index (Phi) is 3.32. The first-order chi connectivity index (χ1) is 6.07. The lowest BCUT2D eigenvalue weighted by atomic mass is 9.79. The molecule has 1 rings (SSSR count). The van der Waals surface area contributed by atoms with Gasteiger partial charge in [0.25, 0.3) is 0 Å². The largest absolute Gasteiger partial charge is 0.381 e. The van der Waals surface area contributed by atoms with E-state index in [1.165, 1.54) is 12.8 Å². The molecular weight excluding hydrogens is 160 g/mol. The van der Waals surface area contributed by atoms with E-state index in [2.05, 4.69) is 13.2 Å². The van der Waals surface area contributed by atoms with Crippen molar-refractivity contribution in [2.24, 2.45) is 0 Å². The van der Waals surface area contributed by atoms with Gasteiger partial charge in [0.15, 0.2) is 0 Å². The standard InChI is InChI=1S/C12H20O/c1-10(2)12(13)9-7-5-4-6-8-11(12)3/h13H,1,3-9H2,2H3. The fourth-order valence-corrected chi connectivity index (χ4v) is 1.97. The monoisotopic (exact) mass is 180 g/mol. The minimum Gasteiger partial charge on any atom is -0.381 e. The van der Waals surface area contributed by atoms with Crippen molar-refractivity contribution < 1.29 is 5.11 Å². The summed E-state index contributed by atoms with van der Waals surface area (Å²) in [6, 6.07) is 0. The Balaban J connectivity index is 2.77. The Labute approximate surface area is 81.2 Å². The third-order valence-corrected chi connectivity index (χ3v) is 3.06. The van der Waals surface area contributed by atoms with Crippen molar-refractivity contribution in [3.05, 3.63) is 24.3 Å². The summed E-state index contributed by atoms with van der Waals surface area (Å²) >= 11 is 0. The van der Waals surface area contributed by atoms with E-state index in [0.717, 1.165) is 36.8 Å². The Morgan fingerprint density at radius 2 is 1.92 bits per heavy atom. The molecule has 1 aliphatic rings. The molecule has 13 heavy (non-hydrogen) atoms. The smallest absolute Gasteiger partial charge is 0.106 e. The van der Waals surface area contributed by atoms with Crippen molar-refractivity contribution in [3.8, 4) is 0 Å². The maximum Gasteiger partial charge on any atom is 0.106 e. The molecule has 0 amide bonds. The summed E-state index contributed by atoms with van der Waals surface area (Å²) in [5.74, 6) is 0. The van der Waals surface area contributed by atoms with Gasteiger partial charge in [-0.3, -0.25) is 0 Å². The van der Waals surface area contributed by atoms with E-state index in [9.17, 15) is 5.11 Å². The van der Waals surface area contributed by atoms with Gasteiger partial charge < -0.3 is 5.11 Å². The van der Waals surface area contributed by atoms with Crippen LogP contribution >= 0.6 is 0 Å². The van der Waals surface area contributed by atoms with Gasteiger partial charge in [-0.25, -0.2) is 0 Å². The molecule has 1 nitrogen and oxygen atoms in total. The second-order valence-electron chi connectivity index (χ2n) is 4.16. The minimum absolute atomic E-state index is 0.777. The quantitative estimate of drug-likeness (QED) is 0.614. The first-order valence-electron chi connectivity index (χ1n) is 5.14. The van der Waals surface area contributed by atoms with Crippen molar-refractivity contribution in [1.82, 2.24) is 0 Å². The fourth-order valence-electron chi connectivity index (χ4n) is 1.97. The Bertz CT molecular complexity index is 217. The molecule has 0 aromatic rings. The van der Waals surface area contributed by atoms with Crippen LogP contribution in [0.2, 0.25) is 0 Å². The Morgan fingerprint density at radius 3 is 2.54 bits per heavy atom. The van der Waals surface area contributed by atoms with Crippen LogP contribution in [0.15, 0.2) is 24.3 Å². The van der Waals surface area contributed by atoms with E-state index < -0.39 is 5.60 Å². The second kappa shape index (κ2) is 4.10. The first-order valence-corrected chi connectivity index (χ1v) is 5.14. The summed E-state index contributed by atoms with van der Waals surface area (Å²) < 4.78 is 0. The molecule has 0 aromatic carbocycles. The third-order valence-electron chi connectivity index (χ3n) is 3.06. The van der Waals surface area contributed by atoms with Crippen molar-refractivity contribution >= 4 is 0 Å². The van der Waals surface area contributed by atoms with E-state index in [4.69, 9.17) is 0 Å². The summed E-state index contributed by atoms with van der Waals surface area (Å²) in [6.07, 6.45) is 6.50. The summed E-state index contributed by atoms with van der Waals surface area (Å²) in [5, 5.41) is 10.3. The second-order valence-corrected chi connectivity index (χ2v) is 4.16. The lowest BCUT2D eigenvalue weighted by molar-refractivity contribution is 0.0968. The Hall–Kier alpha value is -0.560. The lowest BCUT2D eigenvalue weighted by Crippen LogP contribution is -2.32. The van der Waals surface area contributed by atoms with E-state index in [1.54, 1.807) is 0 Å². The predicted octanol–water partition coefficient (Wildman–Crippen LogP) is 3.20. The van der Waals surface area contributed by atoms with E-state index in [-0.39, 0.29) is 0 Å². The molecule has 0 aromatic heterocycles. The molecule has 1 N–H and O–H groups in total. The first kappa shape index (κ1) is 10.5. The molecule has 0 heterocycles. The number of hydrogen-bond acceptors (Lipinski definition) is 1. The van der Waals surface area contributed by atoms with Gasteiger partial charge in [-0.1, -0.05) is 26.0 Å². The zero-order chi connectivity index (χ0) is 9.90. The van der Waals surface area contributed by atoms with Crippen molar-refractivity contribution in [1.29, 1.82) is 0 Å². The highest BCUT2D eigenvalue weighted by Gasteiger charge is 2.31. The average molecular weight is 180 g/mol. The molecule has 0 radical (unpaired) electrons. The predicted molar refractivity (Wildman–Crippen MR) is 56.6 cm³/mol. The summed E-state index contributed by atoms with van der Waals surface area (Å²) in [6.45, 7) is 9.74. The maximum absolute atomic E-state index is 10.3. The zero-order valence-electron chi connectivity index (χ0n) is 8.60. The van der Waals surface area contributed by atoms with Crippen LogP contribution in [0.1, 0.15) is 45.4 Å². The molecule has 1 saturated carbocycles. The van der Waals surface area contributed by atoms with Crippen LogP contribution < -0.4 is 0 Å².